The Kier molecular flexibility index (Phi) is 4.69. The molecule has 1 aromatic rings. The second kappa shape index (κ2) is 5.82. The predicted molar refractivity (Wildman–Crippen MR) is 56.8 cm³/mol. The molecule has 0 bridgehead atoms. The van der Waals surface area contributed by atoms with Gasteiger partial charge in [-0.25, -0.2) is 0 Å². The van der Waals surface area contributed by atoms with Crippen molar-refractivity contribution >= 4 is 5.78 Å². The number of halogens is 3. The quantitative estimate of drug-likeness (QED) is 0.798. The van der Waals surface area contributed by atoms with Crippen LogP contribution in [0.25, 0.3) is 0 Å². The fourth-order valence-corrected chi connectivity index (χ4v) is 1.35. The van der Waals surface area contributed by atoms with Crippen molar-refractivity contribution < 1.29 is 22.7 Å². The van der Waals surface area contributed by atoms with Gasteiger partial charge in [0.1, 0.15) is 13.2 Å². The monoisotopic (exact) mass is 246 g/mol. The molecule has 0 unspecified atom stereocenters. The van der Waals surface area contributed by atoms with E-state index in [4.69, 9.17) is 0 Å². The van der Waals surface area contributed by atoms with Crippen molar-refractivity contribution in [2.45, 2.75) is 19.5 Å². The number of carbonyl (C=O) groups excluding carboxylic acids is 1. The number of rotatable bonds is 5. The first-order valence-electron chi connectivity index (χ1n) is 5.09. The average Bonchev–Trinajstić information content (AvgIpc) is 2.19. The number of hydrogen-bond acceptors (Lipinski definition) is 2. The van der Waals surface area contributed by atoms with E-state index in [0.29, 0.717) is 0 Å². The number of aryl methyl sites for hydroxylation is 1. The topological polar surface area (TPSA) is 26.3 Å². The van der Waals surface area contributed by atoms with Gasteiger partial charge >= 0.3 is 6.18 Å². The van der Waals surface area contributed by atoms with Gasteiger partial charge in [-0.3, -0.25) is 4.79 Å². The number of ketones is 1. The van der Waals surface area contributed by atoms with Crippen LogP contribution in [0.15, 0.2) is 24.3 Å². The lowest BCUT2D eigenvalue weighted by atomic mass is 10.0. The van der Waals surface area contributed by atoms with Crippen LogP contribution < -0.4 is 0 Å². The highest BCUT2D eigenvalue weighted by Crippen LogP contribution is 2.14. The van der Waals surface area contributed by atoms with E-state index in [1.807, 2.05) is 19.1 Å². The Morgan fingerprint density at radius 3 is 2.53 bits per heavy atom. The van der Waals surface area contributed by atoms with Crippen molar-refractivity contribution in [1.29, 1.82) is 0 Å². The van der Waals surface area contributed by atoms with Gasteiger partial charge in [0.25, 0.3) is 0 Å². The van der Waals surface area contributed by atoms with Crippen molar-refractivity contribution in [1.82, 2.24) is 0 Å². The highest BCUT2D eigenvalue weighted by atomic mass is 19.4. The zero-order valence-corrected chi connectivity index (χ0v) is 9.38. The summed E-state index contributed by atoms with van der Waals surface area (Å²) in [5.41, 5.74) is 1.75. The Bertz CT molecular complexity index is 386. The SMILES string of the molecule is Cc1ccccc1CC(=O)COCC(F)(F)F. The van der Waals surface area contributed by atoms with Crippen LogP contribution in [0.4, 0.5) is 13.2 Å². The smallest absolute Gasteiger partial charge is 0.364 e. The van der Waals surface area contributed by atoms with E-state index in [0.717, 1.165) is 11.1 Å². The molecule has 1 rings (SSSR count). The first kappa shape index (κ1) is 13.7. The van der Waals surface area contributed by atoms with Gasteiger partial charge < -0.3 is 4.74 Å². The van der Waals surface area contributed by atoms with Gasteiger partial charge in [-0.05, 0) is 18.1 Å². The maximum atomic E-state index is 11.8. The van der Waals surface area contributed by atoms with E-state index in [9.17, 15) is 18.0 Å². The molecule has 2 nitrogen and oxygen atoms in total. The molecule has 0 aromatic heterocycles. The van der Waals surface area contributed by atoms with Crippen molar-refractivity contribution in [2.24, 2.45) is 0 Å². The molecular weight excluding hydrogens is 233 g/mol. The zero-order chi connectivity index (χ0) is 12.9. The summed E-state index contributed by atoms with van der Waals surface area (Å²) in [5, 5.41) is 0. The fraction of sp³-hybridized carbons (Fsp3) is 0.417. The Balaban J connectivity index is 2.38. The molecule has 0 aliphatic heterocycles. The number of ether oxygens (including phenoxy) is 1. The molecule has 0 aliphatic carbocycles. The standard InChI is InChI=1S/C12H13F3O2/c1-9-4-2-3-5-10(9)6-11(16)7-17-8-12(13,14)15/h2-5H,6-8H2,1H3. The van der Waals surface area contributed by atoms with Crippen molar-refractivity contribution in [3.8, 4) is 0 Å². The summed E-state index contributed by atoms with van der Waals surface area (Å²) in [6.45, 7) is -0.0421. The lowest BCUT2D eigenvalue weighted by Crippen LogP contribution is -2.21. The van der Waals surface area contributed by atoms with Crippen molar-refractivity contribution in [2.75, 3.05) is 13.2 Å². The number of benzene rings is 1. The molecule has 0 saturated heterocycles. The van der Waals surface area contributed by atoms with E-state index in [-0.39, 0.29) is 12.2 Å². The molecule has 0 amide bonds. The summed E-state index contributed by atoms with van der Waals surface area (Å²) in [7, 11) is 0. The summed E-state index contributed by atoms with van der Waals surface area (Å²) in [4.78, 5) is 11.4. The third-order valence-corrected chi connectivity index (χ3v) is 2.18. The molecule has 0 N–H and O–H groups in total. The third-order valence-electron chi connectivity index (χ3n) is 2.18. The van der Waals surface area contributed by atoms with E-state index in [1.165, 1.54) is 0 Å². The largest absolute Gasteiger partial charge is 0.411 e. The van der Waals surface area contributed by atoms with Crippen LogP contribution in [-0.2, 0) is 16.0 Å². The minimum Gasteiger partial charge on any atom is -0.364 e. The molecule has 0 aliphatic rings. The lowest BCUT2D eigenvalue weighted by molar-refractivity contribution is -0.175. The van der Waals surface area contributed by atoms with Crippen LogP contribution >= 0.6 is 0 Å². The Hall–Kier alpha value is -1.36. The van der Waals surface area contributed by atoms with Gasteiger partial charge in [0, 0.05) is 6.42 Å². The zero-order valence-electron chi connectivity index (χ0n) is 9.38. The first-order chi connectivity index (χ1) is 7.88. The molecule has 5 heteroatoms. The lowest BCUT2D eigenvalue weighted by Gasteiger charge is -2.08. The van der Waals surface area contributed by atoms with Gasteiger partial charge in [0.15, 0.2) is 5.78 Å². The summed E-state index contributed by atoms with van der Waals surface area (Å²) in [6, 6.07) is 7.24. The van der Waals surface area contributed by atoms with E-state index in [1.54, 1.807) is 12.1 Å². The van der Waals surface area contributed by atoms with Gasteiger partial charge in [-0.15, -0.1) is 0 Å². The van der Waals surface area contributed by atoms with Gasteiger partial charge in [0.05, 0.1) is 0 Å². The van der Waals surface area contributed by atoms with Gasteiger partial charge in [0.2, 0.25) is 0 Å². The second-order valence-corrected chi connectivity index (χ2v) is 3.75. The molecule has 0 fully saturated rings. The minimum absolute atomic E-state index is 0.102. The van der Waals surface area contributed by atoms with Gasteiger partial charge in [-0.1, -0.05) is 24.3 Å². The van der Waals surface area contributed by atoms with Crippen molar-refractivity contribution in [3.05, 3.63) is 35.4 Å². The van der Waals surface area contributed by atoms with Crippen LogP contribution in [-0.4, -0.2) is 25.2 Å². The van der Waals surface area contributed by atoms with Crippen LogP contribution in [0.3, 0.4) is 0 Å². The highest BCUT2D eigenvalue weighted by molar-refractivity contribution is 5.82. The minimum atomic E-state index is -4.39. The van der Waals surface area contributed by atoms with Crippen molar-refractivity contribution in [3.63, 3.8) is 0 Å². The normalized spacial score (nSPS) is 11.5. The van der Waals surface area contributed by atoms with Crippen LogP contribution in [0.1, 0.15) is 11.1 Å². The Morgan fingerprint density at radius 1 is 1.29 bits per heavy atom. The maximum absolute atomic E-state index is 11.8. The summed E-state index contributed by atoms with van der Waals surface area (Å²) in [6.07, 6.45) is -4.28. The highest BCUT2D eigenvalue weighted by Gasteiger charge is 2.27. The summed E-state index contributed by atoms with van der Waals surface area (Å²) >= 11 is 0. The van der Waals surface area contributed by atoms with Gasteiger partial charge in [-0.2, -0.15) is 13.2 Å². The molecule has 0 spiro atoms. The molecule has 0 atom stereocenters. The molecule has 1 aromatic carbocycles. The fourth-order valence-electron chi connectivity index (χ4n) is 1.35. The van der Waals surface area contributed by atoms with E-state index in [2.05, 4.69) is 4.74 Å². The number of Topliss-reactive ketones (excluding diaryl/α,β-unsaturated/α-hetero) is 1. The number of carbonyl (C=O) groups is 1. The average molecular weight is 246 g/mol. The molecule has 0 radical (unpaired) electrons. The number of hydrogen-bond donors (Lipinski definition) is 0. The second-order valence-electron chi connectivity index (χ2n) is 3.75. The van der Waals surface area contributed by atoms with E-state index < -0.39 is 19.4 Å². The summed E-state index contributed by atoms with van der Waals surface area (Å²) in [5.74, 6) is -0.358. The Labute approximate surface area is 97.4 Å². The Morgan fingerprint density at radius 2 is 1.94 bits per heavy atom. The molecular formula is C12H13F3O2. The number of alkyl halides is 3. The van der Waals surface area contributed by atoms with Crippen LogP contribution in [0, 0.1) is 6.92 Å². The first-order valence-corrected chi connectivity index (χ1v) is 5.09. The summed E-state index contributed by atoms with van der Waals surface area (Å²) < 4.78 is 39.6. The third kappa shape index (κ3) is 5.49. The van der Waals surface area contributed by atoms with Crippen LogP contribution in [0.5, 0.6) is 0 Å². The molecule has 94 valence electrons. The molecule has 0 heterocycles. The maximum Gasteiger partial charge on any atom is 0.411 e. The van der Waals surface area contributed by atoms with E-state index >= 15 is 0 Å². The predicted octanol–water partition coefficient (Wildman–Crippen LogP) is 2.69. The molecule has 17 heavy (non-hydrogen) atoms. The van der Waals surface area contributed by atoms with Crippen LogP contribution in [0.2, 0.25) is 0 Å². The molecule has 0 saturated carbocycles.